The summed E-state index contributed by atoms with van der Waals surface area (Å²) in [4.78, 5) is 5.64. The van der Waals surface area contributed by atoms with Crippen molar-refractivity contribution in [2.45, 2.75) is 26.3 Å². The van der Waals surface area contributed by atoms with Gasteiger partial charge in [-0.05, 0) is 32.9 Å². The Bertz CT molecular complexity index is 585. The van der Waals surface area contributed by atoms with E-state index in [-0.39, 0.29) is 5.54 Å². The van der Waals surface area contributed by atoms with Crippen molar-refractivity contribution in [1.29, 1.82) is 0 Å². The summed E-state index contributed by atoms with van der Waals surface area (Å²) in [6.45, 7) is 5.93. The van der Waals surface area contributed by atoms with Crippen LogP contribution < -0.4 is 5.73 Å². The van der Waals surface area contributed by atoms with Crippen molar-refractivity contribution in [2.75, 3.05) is 0 Å². The molecule has 5 heteroatoms. The van der Waals surface area contributed by atoms with E-state index in [1.165, 1.54) is 0 Å². The van der Waals surface area contributed by atoms with Crippen LogP contribution in [0.25, 0.3) is 10.6 Å². The molecule has 0 unspecified atom stereocenters. The SMILES string of the molecule is Cc1nc(-c2ccc(Cl)c(Cl)c2)sc1C(C)(C)N. The van der Waals surface area contributed by atoms with Gasteiger partial charge in [0.2, 0.25) is 0 Å². The van der Waals surface area contributed by atoms with Crippen LogP contribution in [0.4, 0.5) is 0 Å². The molecule has 96 valence electrons. The number of rotatable bonds is 2. The van der Waals surface area contributed by atoms with Gasteiger partial charge in [0.15, 0.2) is 0 Å². The van der Waals surface area contributed by atoms with Crippen LogP contribution in [0.2, 0.25) is 10.0 Å². The molecule has 0 saturated heterocycles. The summed E-state index contributed by atoms with van der Waals surface area (Å²) in [6.07, 6.45) is 0. The van der Waals surface area contributed by atoms with Crippen LogP contribution in [-0.2, 0) is 5.54 Å². The predicted molar refractivity (Wildman–Crippen MR) is 79.5 cm³/mol. The van der Waals surface area contributed by atoms with Crippen LogP contribution in [-0.4, -0.2) is 4.98 Å². The highest BCUT2D eigenvalue weighted by Crippen LogP contribution is 2.35. The average molecular weight is 301 g/mol. The van der Waals surface area contributed by atoms with E-state index in [4.69, 9.17) is 28.9 Å². The van der Waals surface area contributed by atoms with Gasteiger partial charge in [0, 0.05) is 16.0 Å². The van der Waals surface area contributed by atoms with Crippen molar-refractivity contribution in [2.24, 2.45) is 5.73 Å². The average Bonchev–Trinajstić information content (AvgIpc) is 2.64. The summed E-state index contributed by atoms with van der Waals surface area (Å²) in [5, 5.41) is 2.00. The van der Waals surface area contributed by atoms with Crippen LogP contribution in [0.3, 0.4) is 0 Å². The molecule has 0 atom stereocenters. The third-order valence-electron chi connectivity index (χ3n) is 2.55. The maximum atomic E-state index is 6.13. The number of nitrogens with two attached hydrogens (primary N) is 1. The lowest BCUT2D eigenvalue weighted by Crippen LogP contribution is -2.28. The van der Waals surface area contributed by atoms with E-state index in [1.54, 1.807) is 17.4 Å². The molecule has 1 aromatic heterocycles. The van der Waals surface area contributed by atoms with Crippen molar-refractivity contribution >= 4 is 34.5 Å². The van der Waals surface area contributed by atoms with E-state index >= 15 is 0 Å². The Morgan fingerprint density at radius 3 is 2.39 bits per heavy atom. The first-order chi connectivity index (χ1) is 8.29. The van der Waals surface area contributed by atoms with Gasteiger partial charge in [-0.25, -0.2) is 4.98 Å². The van der Waals surface area contributed by atoms with Gasteiger partial charge < -0.3 is 5.73 Å². The number of hydrogen-bond donors (Lipinski definition) is 1. The highest BCUT2D eigenvalue weighted by atomic mass is 35.5. The third kappa shape index (κ3) is 2.69. The van der Waals surface area contributed by atoms with E-state index in [2.05, 4.69) is 4.98 Å². The van der Waals surface area contributed by atoms with E-state index in [0.717, 1.165) is 21.1 Å². The number of halogens is 2. The molecule has 0 radical (unpaired) electrons. The van der Waals surface area contributed by atoms with Gasteiger partial charge in [0.1, 0.15) is 5.01 Å². The summed E-state index contributed by atoms with van der Waals surface area (Å²) < 4.78 is 0. The maximum Gasteiger partial charge on any atom is 0.123 e. The Hall–Kier alpha value is -0.610. The molecule has 2 N–H and O–H groups in total. The Balaban J connectivity index is 2.49. The molecule has 0 spiro atoms. The summed E-state index contributed by atoms with van der Waals surface area (Å²) in [5.74, 6) is 0. The van der Waals surface area contributed by atoms with Crippen LogP contribution in [0.15, 0.2) is 18.2 Å². The fourth-order valence-electron chi connectivity index (χ4n) is 1.75. The molecule has 0 saturated carbocycles. The summed E-state index contributed by atoms with van der Waals surface area (Å²) in [6, 6.07) is 5.53. The Kier molecular flexibility index (Phi) is 3.70. The quantitative estimate of drug-likeness (QED) is 0.879. The zero-order chi connectivity index (χ0) is 13.5. The molecule has 0 fully saturated rings. The zero-order valence-corrected chi connectivity index (χ0v) is 12.7. The highest BCUT2D eigenvalue weighted by molar-refractivity contribution is 7.15. The number of aromatic nitrogens is 1. The largest absolute Gasteiger partial charge is 0.321 e. The van der Waals surface area contributed by atoms with E-state index in [0.29, 0.717) is 10.0 Å². The minimum atomic E-state index is -0.379. The van der Waals surface area contributed by atoms with E-state index in [9.17, 15) is 0 Å². The molecule has 1 aromatic carbocycles. The van der Waals surface area contributed by atoms with Crippen LogP contribution in [0, 0.1) is 6.92 Å². The molecule has 0 aliphatic carbocycles. The first kappa shape index (κ1) is 13.8. The topological polar surface area (TPSA) is 38.9 Å². The standard InChI is InChI=1S/C13H14Cl2N2S/c1-7-11(13(2,3)16)18-12(17-7)8-4-5-9(14)10(15)6-8/h4-6H,16H2,1-3H3. The molecule has 2 aromatic rings. The zero-order valence-electron chi connectivity index (χ0n) is 10.4. The number of aryl methyl sites for hydroxylation is 1. The molecule has 18 heavy (non-hydrogen) atoms. The van der Waals surface area contributed by atoms with Crippen LogP contribution >= 0.6 is 34.5 Å². The summed E-state index contributed by atoms with van der Waals surface area (Å²) >= 11 is 13.5. The van der Waals surface area contributed by atoms with Gasteiger partial charge in [-0.15, -0.1) is 11.3 Å². The minimum absolute atomic E-state index is 0.379. The van der Waals surface area contributed by atoms with Gasteiger partial charge in [0.05, 0.1) is 15.7 Å². The molecule has 0 aliphatic rings. The van der Waals surface area contributed by atoms with Crippen molar-refractivity contribution in [3.8, 4) is 10.6 Å². The number of hydrogen-bond acceptors (Lipinski definition) is 3. The van der Waals surface area contributed by atoms with Crippen molar-refractivity contribution in [3.63, 3.8) is 0 Å². The van der Waals surface area contributed by atoms with Gasteiger partial charge in [-0.1, -0.05) is 29.3 Å². The Labute approximate surface area is 121 Å². The van der Waals surface area contributed by atoms with Crippen molar-refractivity contribution in [3.05, 3.63) is 38.8 Å². The van der Waals surface area contributed by atoms with Gasteiger partial charge in [-0.2, -0.15) is 0 Å². The van der Waals surface area contributed by atoms with Crippen LogP contribution in [0.1, 0.15) is 24.4 Å². The van der Waals surface area contributed by atoms with Gasteiger partial charge in [0.25, 0.3) is 0 Å². The lowest BCUT2D eigenvalue weighted by atomic mass is 10.0. The molecule has 1 heterocycles. The molecular weight excluding hydrogens is 287 g/mol. The second-order valence-corrected chi connectivity index (χ2v) is 6.60. The fraction of sp³-hybridized carbons (Fsp3) is 0.308. The first-order valence-corrected chi connectivity index (χ1v) is 7.08. The normalized spacial score (nSPS) is 11.9. The lowest BCUT2D eigenvalue weighted by molar-refractivity contribution is 0.562. The van der Waals surface area contributed by atoms with Crippen LogP contribution in [0.5, 0.6) is 0 Å². The molecule has 0 aliphatic heterocycles. The minimum Gasteiger partial charge on any atom is -0.321 e. The molecule has 0 bridgehead atoms. The maximum absolute atomic E-state index is 6.13. The highest BCUT2D eigenvalue weighted by Gasteiger charge is 2.21. The molecule has 2 rings (SSSR count). The smallest absolute Gasteiger partial charge is 0.123 e. The predicted octanol–water partition coefficient (Wildman–Crippen LogP) is 4.62. The Morgan fingerprint density at radius 2 is 1.89 bits per heavy atom. The van der Waals surface area contributed by atoms with Crippen molar-refractivity contribution in [1.82, 2.24) is 4.98 Å². The molecule has 2 nitrogen and oxygen atoms in total. The third-order valence-corrected chi connectivity index (χ3v) is 4.83. The number of benzene rings is 1. The lowest BCUT2D eigenvalue weighted by Gasteiger charge is -2.16. The first-order valence-electron chi connectivity index (χ1n) is 5.51. The second kappa shape index (κ2) is 4.82. The summed E-state index contributed by atoms with van der Waals surface area (Å²) in [7, 11) is 0. The van der Waals surface area contributed by atoms with E-state index < -0.39 is 0 Å². The fourth-order valence-corrected chi connectivity index (χ4v) is 3.12. The van der Waals surface area contributed by atoms with Gasteiger partial charge >= 0.3 is 0 Å². The summed E-state index contributed by atoms with van der Waals surface area (Å²) in [5.41, 5.74) is 7.68. The van der Waals surface area contributed by atoms with Crippen molar-refractivity contribution < 1.29 is 0 Å². The Morgan fingerprint density at radius 1 is 1.22 bits per heavy atom. The number of thiazole rings is 1. The number of nitrogens with zero attached hydrogens (tertiary/aromatic N) is 1. The molecular formula is C13H14Cl2N2S. The molecule has 0 amide bonds. The monoisotopic (exact) mass is 300 g/mol. The van der Waals surface area contributed by atoms with E-state index in [1.807, 2.05) is 32.9 Å². The second-order valence-electron chi connectivity index (χ2n) is 4.78. The van der Waals surface area contributed by atoms with Gasteiger partial charge in [-0.3, -0.25) is 0 Å².